The molecule has 0 bridgehead atoms. The van der Waals surface area contributed by atoms with E-state index in [1.165, 1.54) is 0 Å². The Labute approximate surface area is 163 Å². The Morgan fingerprint density at radius 2 is 1.96 bits per heavy atom. The van der Waals surface area contributed by atoms with Crippen molar-refractivity contribution in [1.29, 1.82) is 0 Å². The SMILES string of the molecule is Cl.NCC1CCN(C(=O)c2ccccc2Oc2ccc(Cl)cc2Cl)C1. The van der Waals surface area contributed by atoms with Crippen molar-refractivity contribution in [2.24, 2.45) is 11.7 Å². The number of likely N-dealkylation sites (tertiary alicyclic amines) is 1. The lowest BCUT2D eigenvalue weighted by molar-refractivity contribution is 0.0785. The average Bonchev–Trinajstić information content (AvgIpc) is 3.06. The molecule has 2 aromatic rings. The summed E-state index contributed by atoms with van der Waals surface area (Å²) in [7, 11) is 0. The normalized spacial score (nSPS) is 16.4. The van der Waals surface area contributed by atoms with Gasteiger partial charge in [-0.25, -0.2) is 0 Å². The minimum absolute atomic E-state index is 0. The van der Waals surface area contributed by atoms with Crippen molar-refractivity contribution in [3.8, 4) is 11.5 Å². The van der Waals surface area contributed by atoms with E-state index in [9.17, 15) is 4.79 Å². The Morgan fingerprint density at radius 3 is 2.64 bits per heavy atom. The zero-order valence-electron chi connectivity index (χ0n) is 13.5. The number of benzene rings is 2. The van der Waals surface area contributed by atoms with Crippen LogP contribution in [0.2, 0.25) is 10.0 Å². The van der Waals surface area contributed by atoms with Gasteiger partial charge in [0.1, 0.15) is 11.5 Å². The largest absolute Gasteiger partial charge is 0.455 e. The molecule has 1 fully saturated rings. The second-order valence-corrected chi connectivity index (χ2v) is 6.66. The monoisotopic (exact) mass is 400 g/mol. The molecule has 0 aromatic heterocycles. The molecule has 2 N–H and O–H groups in total. The fraction of sp³-hybridized carbons (Fsp3) is 0.278. The molecule has 1 amide bonds. The highest BCUT2D eigenvalue weighted by Crippen LogP contribution is 2.33. The zero-order valence-corrected chi connectivity index (χ0v) is 15.8. The van der Waals surface area contributed by atoms with Crippen molar-refractivity contribution in [2.75, 3.05) is 19.6 Å². The summed E-state index contributed by atoms with van der Waals surface area (Å²) in [6, 6.07) is 12.1. The number of amides is 1. The highest BCUT2D eigenvalue weighted by atomic mass is 35.5. The van der Waals surface area contributed by atoms with Gasteiger partial charge in [0.2, 0.25) is 0 Å². The van der Waals surface area contributed by atoms with Gasteiger partial charge in [0.15, 0.2) is 0 Å². The molecular formula is C18H19Cl3N2O2. The molecule has 1 aliphatic heterocycles. The van der Waals surface area contributed by atoms with Crippen LogP contribution < -0.4 is 10.5 Å². The van der Waals surface area contributed by atoms with Gasteiger partial charge in [-0.2, -0.15) is 0 Å². The van der Waals surface area contributed by atoms with E-state index in [2.05, 4.69) is 0 Å². The minimum Gasteiger partial charge on any atom is -0.455 e. The maximum Gasteiger partial charge on any atom is 0.257 e. The summed E-state index contributed by atoms with van der Waals surface area (Å²) >= 11 is 12.1. The Kier molecular flexibility index (Phi) is 6.96. The number of hydrogen-bond acceptors (Lipinski definition) is 3. The number of carbonyl (C=O) groups excluding carboxylic acids is 1. The maximum absolute atomic E-state index is 12.8. The van der Waals surface area contributed by atoms with Crippen LogP contribution >= 0.6 is 35.6 Å². The first kappa shape index (κ1) is 19.9. The van der Waals surface area contributed by atoms with Crippen LogP contribution in [0.15, 0.2) is 42.5 Å². The van der Waals surface area contributed by atoms with E-state index in [4.69, 9.17) is 33.7 Å². The number of halogens is 3. The van der Waals surface area contributed by atoms with E-state index in [1.807, 2.05) is 17.0 Å². The van der Waals surface area contributed by atoms with E-state index >= 15 is 0 Å². The molecular weight excluding hydrogens is 383 g/mol. The number of hydrogen-bond donors (Lipinski definition) is 1. The van der Waals surface area contributed by atoms with Gasteiger partial charge in [0.25, 0.3) is 5.91 Å². The second-order valence-electron chi connectivity index (χ2n) is 5.81. The predicted molar refractivity (Wildman–Crippen MR) is 103 cm³/mol. The first-order chi connectivity index (χ1) is 11.6. The summed E-state index contributed by atoms with van der Waals surface area (Å²) in [5.41, 5.74) is 6.22. The summed E-state index contributed by atoms with van der Waals surface area (Å²) in [6.45, 7) is 2.00. The quantitative estimate of drug-likeness (QED) is 0.812. The Bertz CT molecular complexity index is 755. The van der Waals surface area contributed by atoms with E-state index < -0.39 is 0 Å². The molecule has 0 radical (unpaired) electrons. The summed E-state index contributed by atoms with van der Waals surface area (Å²) in [4.78, 5) is 14.6. The summed E-state index contributed by atoms with van der Waals surface area (Å²) in [5.74, 6) is 1.25. The zero-order chi connectivity index (χ0) is 17.1. The highest BCUT2D eigenvalue weighted by Gasteiger charge is 2.27. The number of carbonyl (C=O) groups is 1. The number of ether oxygens (including phenoxy) is 1. The van der Waals surface area contributed by atoms with Gasteiger partial charge < -0.3 is 15.4 Å². The van der Waals surface area contributed by atoms with Gasteiger partial charge in [-0.05, 0) is 49.2 Å². The fourth-order valence-corrected chi connectivity index (χ4v) is 3.24. The molecule has 0 saturated carbocycles. The maximum atomic E-state index is 12.8. The summed E-state index contributed by atoms with van der Waals surface area (Å²) in [6.07, 6.45) is 0.939. The van der Waals surface area contributed by atoms with Crippen molar-refractivity contribution >= 4 is 41.5 Å². The molecule has 1 unspecified atom stereocenters. The molecule has 3 rings (SSSR count). The van der Waals surface area contributed by atoms with Crippen LogP contribution in [0.5, 0.6) is 11.5 Å². The molecule has 2 aromatic carbocycles. The Balaban J connectivity index is 0.00000225. The Morgan fingerprint density at radius 1 is 1.20 bits per heavy atom. The van der Waals surface area contributed by atoms with Crippen molar-refractivity contribution < 1.29 is 9.53 Å². The van der Waals surface area contributed by atoms with Crippen LogP contribution in [0.25, 0.3) is 0 Å². The smallest absolute Gasteiger partial charge is 0.257 e. The minimum atomic E-state index is -0.0494. The second kappa shape index (κ2) is 8.77. The van der Waals surface area contributed by atoms with Gasteiger partial charge in [0.05, 0.1) is 10.6 Å². The predicted octanol–water partition coefficient (Wildman–Crippen LogP) is 4.63. The third-order valence-corrected chi connectivity index (χ3v) is 4.67. The molecule has 7 heteroatoms. The average molecular weight is 402 g/mol. The topological polar surface area (TPSA) is 55.6 Å². The number of nitrogens with zero attached hydrogens (tertiary/aromatic N) is 1. The van der Waals surface area contributed by atoms with Gasteiger partial charge in [-0.1, -0.05) is 35.3 Å². The number of nitrogens with two attached hydrogens (primary N) is 1. The number of para-hydroxylation sites is 1. The van der Waals surface area contributed by atoms with Crippen molar-refractivity contribution in [1.82, 2.24) is 4.90 Å². The lowest BCUT2D eigenvalue weighted by atomic mass is 10.1. The van der Waals surface area contributed by atoms with Gasteiger partial charge >= 0.3 is 0 Å². The van der Waals surface area contributed by atoms with Crippen LogP contribution in [0.4, 0.5) is 0 Å². The van der Waals surface area contributed by atoms with Crippen LogP contribution in [0.1, 0.15) is 16.8 Å². The summed E-state index contributed by atoms with van der Waals surface area (Å²) in [5, 5.41) is 0.927. The molecule has 0 aliphatic carbocycles. The standard InChI is InChI=1S/C18H18Cl2N2O2.ClH/c19-13-5-6-17(15(20)9-13)24-16-4-2-1-3-14(16)18(23)22-8-7-12(10-21)11-22;/h1-6,9,12H,7-8,10-11,21H2;1H. The molecule has 1 aliphatic rings. The van der Waals surface area contributed by atoms with Crippen LogP contribution in [0, 0.1) is 5.92 Å². The number of rotatable bonds is 4. The third kappa shape index (κ3) is 4.59. The van der Waals surface area contributed by atoms with E-state index in [-0.39, 0.29) is 18.3 Å². The van der Waals surface area contributed by atoms with Crippen molar-refractivity contribution in [3.05, 3.63) is 58.1 Å². The van der Waals surface area contributed by atoms with E-state index in [0.717, 1.165) is 13.0 Å². The lowest BCUT2D eigenvalue weighted by Crippen LogP contribution is -2.30. The van der Waals surface area contributed by atoms with E-state index in [0.29, 0.717) is 46.1 Å². The van der Waals surface area contributed by atoms with Crippen molar-refractivity contribution in [2.45, 2.75) is 6.42 Å². The molecule has 1 saturated heterocycles. The molecule has 1 atom stereocenters. The molecule has 1 heterocycles. The van der Waals surface area contributed by atoms with E-state index in [1.54, 1.807) is 30.3 Å². The van der Waals surface area contributed by atoms with Gasteiger partial charge in [-0.3, -0.25) is 4.79 Å². The van der Waals surface area contributed by atoms with Crippen LogP contribution in [0.3, 0.4) is 0 Å². The molecule has 134 valence electrons. The summed E-state index contributed by atoms with van der Waals surface area (Å²) < 4.78 is 5.87. The highest BCUT2D eigenvalue weighted by molar-refractivity contribution is 6.35. The van der Waals surface area contributed by atoms with Crippen LogP contribution in [-0.2, 0) is 0 Å². The fourth-order valence-electron chi connectivity index (χ4n) is 2.79. The van der Waals surface area contributed by atoms with Gasteiger partial charge in [-0.15, -0.1) is 12.4 Å². The first-order valence-electron chi connectivity index (χ1n) is 7.79. The third-order valence-electron chi connectivity index (χ3n) is 4.14. The molecule has 25 heavy (non-hydrogen) atoms. The molecule has 4 nitrogen and oxygen atoms in total. The van der Waals surface area contributed by atoms with Crippen LogP contribution in [-0.4, -0.2) is 30.4 Å². The molecule has 0 spiro atoms. The van der Waals surface area contributed by atoms with Crippen molar-refractivity contribution in [3.63, 3.8) is 0 Å². The lowest BCUT2D eigenvalue weighted by Gasteiger charge is -2.18. The van der Waals surface area contributed by atoms with Gasteiger partial charge in [0, 0.05) is 18.1 Å². The Hall–Kier alpha value is -1.46. The first-order valence-corrected chi connectivity index (χ1v) is 8.55.